The summed E-state index contributed by atoms with van der Waals surface area (Å²) in [6.45, 7) is 1.72. The zero-order valence-corrected chi connectivity index (χ0v) is 12.9. The number of morpholine rings is 1. The number of rotatable bonds is 3. The SMILES string of the molecule is COc1ccc(S(=O)(=O)N2CCOCC2)cc1I. The van der Waals surface area contributed by atoms with Gasteiger partial charge in [-0.3, -0.25) is 0 Å². The largest absolute Gasteiger partial charge is 0.496 e. The molecule has 1 aliphatic rings. The lowest BCUT2D eigenvalue weighted by atomic mass is 10.3. The summed E-state index contributed by atoms with van der Waals surface area (Å²) in [4.78, 5) is 0.301. The van der Waals surface area contributed by atoms with E-state index in [2.05, 4.69) is 22.6 Å². The van der Waals surface area contributed by atoms with Crippen molar-refractivity contribution in [3.63, 3.8) is 0 Å². The second-order valence-electron chi connectivity index (χ2n) is 3.81. The molecule has 7 heteroatoms. The summed E-state index contributed by atoms with van der Waals surface area (Å²) in [5.41, 5.74) is 0. The van der Waals surface area contributed by atoms with Gasteiger partial charge in [0.25, 0.3) is 0 Å². The maximum absolute atomic E-state index is 12.4. The Morgan fingerprint density at radius 3 is 2.56 bits per heavy atom. The molecule has 0 unspecified atom stereocenters. The zero-order chi connectivity index (χ0) is 13.2. The van der Waals surface area contributed by atoms with Crippen molar-refractivity contribution in [3.05, 3.63) is 21.8 Å². The van der Waals surface area contributed by atoms with Crippen LogP contribution in [0.5, 0.6) is 5.75 Å². The first-order valence-electron chi connectivity index (χ1n) is 5.47. The number of nitrogens with zero attached hydrogens (tertiary/aromatic N) is 1. The van der Waals surface area contributed by atoms with E-state index in [1.165, 1.54) is 4.31 Å². The Balaban J connectivity index is 2.32. The molecule has 1 aromatic carbocycles. The highest BCUT2D eigenvalue weighted by Gasteiger charge is 2.26. The van der Waals surface area contributed by atoms with Crippen molar-refractivity contribution >= 4 is 32.6 Å². The smallest absolute Gasteiger partial charge is 0.243 e. The van der Waals surface area contributed by atoms with Gasteiger partial charge in [0.15, 0.2) is 0 Å². The molecule has 1 heterocycles. The van der Waals surface area contributed by atoms with Crippen LogP contribution in [0, 0.1) is 3.57 Å². The van der Waals surface area contributed by atoms with E-state index in [1.54, 1.807) is 25.3 Å². The van der Waals surface area contributed by atoms with Gasteiger partial charge in [0, 0.05) is 13.1 Å². The van der Waals surface area contributed by atoms with Crippen molar-refractivity contribution in [3.8, 4) is 5.75 Å². The zero-order valence-electron chi connectivity index (χ0n) is 9.93. The summed E-state index contributed by atoms with van der Waals surface area (Å²) < 4.78 is 37.3. The van der Waals surface area contributed by atoms with E-state index in [1.807, 2.05) is 0 Å². The molecule has 5 nitrogen and oxygen atoms in total. The van der Waals surface area contributed by atoms with Gasteiger partial charge in [0.1, 0.15) is 5.75 Å². The van der Waals surface area contributed by atoms with Crippen LogP contribution in [0.4, 0.5) is 0 Å². The summed E-state index contributed by atoms with van der Waals surface area (Å²) in [5, 5.41) is 0. The minimum absolute atomic E-state index is 0.301. The summed E-state index contributed by atoms with van der Waals surface area (Å²) in [5.74, 6) is 0.677. The van der Waals surface area contributed by atoms with Gasteiger partial charge < -0.3 is 9.47 Å². The molecule has 1 fully saturated rings. The highest BCUT2D eigenvalue weighted by atomic mass is 127. The predicted octanol–water partition coefficient (Wildman–Crippen LogP) is 1.32. The molecule has 0 amide bonds. The number of methoxy groups -OCH3 is 1. The van der Waals surface area contributed by atoms with E-state index in [4.69, 9.17) is 9.47 Å². The summed E-state index contributed by atoms with van der Waals surface area (Å²) >= 11 is 2.06. The van der Waals surface area contributed by atoms with Crippen molar-refractivity contribution in [1.82, 2.24) is 4.31 Å². The van der Waals surface area contributed by atoms with Crippen molar-refractivity contribution in [1.29, 1.82) is 0 Å². The summed E-state index contributed by atoms with van der Waals surface area (Å²) in [7, 11) is -1.85. The molecule has 0 atom stereocenters. The Kier molecular flexibility index (Phi) is 4.46. The fourth-order valence-electron chi connectivity index (χ4n) is 1.74. The second kappa shape index (κ2) is 5.72. The maximum atomic E-state index is 12.4. The van der Waals surface area contributed by atoms with E-state index in [0.717, 1.165) is 3.57 Å². The fourth-order valence-corrected chi connectivity index (χ4v) is 4.13. The molecule has 100 valence electrons. The first-order valence-corrected chi connectivity index (χ1v) is 7.99. The van der Waals surface area contributed by atoms with Gasteiger partial charge in [-0.15, -0.1) is 0 Å². The molecule has 0 aliphatic carbocycles. The van der Waals surface area contributed by atoms with Crippen LogP contribution < -0.4 is 4.74 Å². The Morgan fingerprint density at radius 2 is 2.00 bits per heavy atom. The Bertz CT molecular complexity index is 526. The van der Waals surface area contributed by atoms with Gasteiger partial charge in [-0.2, -0.15) is 4.31 Å². The molecule has 18 heavy (non-hydrogen) atoms. The molecule has 0 bridgehead atoms. The van der Waals surface area contributed by atoms with Crippen LogP contribution in [-0.4, -0.2) is 46.1 Å². The van der Waals surface area contributed by atoms with E-state index >= 15 is 0 Å². The molecule has 0 aromatic heterocycles. The van der Waals surface area contributed by atoms with Gasteiger partial charge in [0.2, 0.25) is 10.0 Å². The normalized spacial score (nSPS) is 17.7. The molecule has 0 spiro atoms. The van der Waals surface area contributed by atoms with Gasteiger partial charge in [0.05, 0.1) is 28.8 Å². The number of ether oxygens (including phenoxy) is 2. The van der Waals surface area contributed by atoms with Crippen LogP contribution in [0.1, 0.15) is 0 Å². The van der Waals surface area contributed by atoms with Gasteiger partial charge in [-0.25, -0.2) is 8.42 Å². The minimum atomic E-state index is -3.42. The van der Waals surface area contributed by atoms with Gasteiger partial charge >= 0.3 is 0 Å². The Hall–Kier alpha value is -0.380. The van der Waals surface area contributed by atoms with E-state index < -0.39 is 10.0 Å². The van der Waals surface area contributed by atoms with Crippen LogP contribution in [-0.2, 0) is 14.8 Å². The predicted molar refractivity (Wildman–Crippen MR) is 75.3 cm³/mol. The first-order chi connectivity index (χ1) is 8.55. The Morgan fingerprint density at radius 1 is 1.33 bits per heavy atom. The quantitative estimate of drug-likeness (QED) is 0.739. The highest BCUT2D eigenvalue weighted by molar-refractivity contribution is 14.1. The minimum Gasteiger partial charge on any atom is -0.496 e. The topological polar surface area (TPSA) is 55.8 Å². The van der Waals surface area contributed by atoms with E-state index in [0.29, 0.717) is 36.9 Å². The average Bonchev–Trinajstić information content (AvgIpc) is 2.39. The summed E-state index contributed by atoms with van der Waals surface area (Å²) in [6, 6.07) is 4.88. The molecular formula is C11H14INO4S. The maximum Gasteiger partial charge on any atom is 0.243 e. The number of benzene rings is 1. The Labute approximate surface area is 120 Å². The monoisotopic (exact) mass is 383 g/mol. The third-order valence-corrected chi connectivity index (χ3v) is 5.47. The fraction of sp³-hybridized carbons (Fsp3) is 0.455. The highest BCUT2D eigenvalue weighted by Crippen LogP contribution is 2.25. The number of sulfonamides is 1. The molecule has 2 rings (SSSR count). The van der Waals surface area contributed by atoms with Crippen LogP contribution in [0.25, 0.3) is 0 Å². The van der Waals surface area contributed by atoms with Crippen molar-refractivity contribution < 1.29 is 17.9 Å². The van der Waals surface area contributed by atoms with Crippen LogP contribution in [0.15, 0.2) is 23.1 Å². The van der Waals surface area contributed by atoms with Crippen molar-refractivity contribution in [2.75, 3.05) is 33.4 Å². The second-order valence-corrected chi connectivity index (χ2v) is 6.91. The standard InChI is InChI=1S/C11H14INO4S/c1-16-11-3-2-9(8-10(11)12)18(14,15)13-4-6-17-7-5-13/h2-3,8H,4-7H2,1H3. The number of halogens is 1. The lowest BCUT2D eigenvalue weighted by molar-refractivity contribution is 0.0730. The van der Waals surface area contributed by atoms with Gasteiger partial charge in [-0.05, 0) is 40.8 Å². The molecule has 0 radical (unpaired) electrons. The summed E-state index contributed by atoms with van der Waals surface area (Å²) in [6.07, 6.45) is 0. The molecule has 1 aliphatic heterocycles. The van der Waals surface area contributed by atoms with Gasteiger partial charge in [-0.1, -0.05) is 0 Å². The average molecular weight is 383 g/mol. The lowest BCUT2D eigenvalue weighted by Crippen LogP contribution is -2.40. The molecule has 0 N–H and O–H groups in total. The van der Waals surface area contributed by atoms with Crippen LogP contribution in [0.2, 0.25) is 0 Å². The number of hydrogen-bond acceptors (Lipinski definition) is 4. The third-order valence-electron chi connectivity index (χ3n) is 2.73. The van der Waals surface area contributed by atoms with Crippen LogP contribution in [0.3, 0.4) is 0 Å². The molecule has 1 saturated heterocycles. The van der Waals surface area contributed by atoms with Crippen LogP contribution >= 0.6 is 22.6 Å². The van der Waals surface area contributed by atoms with Crippen molar-refractivity contribution in [2.45, 2.75) is 4.90 Å². The van der Waals surface area contributed by atoms with E-state index in [9.17, 15) is 8.42 Å². The molecular weight excluding hydrogens is 369 g/mol. The third kappa shape index (κ3) is 2.79. The molecule has 0 saturated carbocycles. The van der Waals surface area contributed by atoms with Crippen molar-refractivity contribution in [2.24, 2.45) is 0 Å². The first kappa shape index (κ1) is 14.0. The lowest BCUT2D eigenvalue weighted by Gasteiger charge is -2.26. The van der Waals surface area contributed by atoms with E-state index in [-0.39, 0.29) is 0 Å². The number of hydrogen-bond donors (Lipinski definition) is 0. The molecule has 1 aromatic rings.